The van der Waals surface area contributed by atoms with Crippen molar-refractivity contribution in [2.45, 2.75) is 58.5 Å². The highest BCUT2D eigenvalue weighted by Crippen LogP contribution is 2.20. The van der Waals surface area contributed by atoms with Crippen LogP contribution in [-0.4, -0.2) is 64.4 Å². The zero-order chi connectivity index (χ0) is 18.7. The second-order valence-electron chi connectivity index (χ2n) is 8.22. The topological polar surface area (TPSA) is 78.5 Å². The lowest BCUT2D eigenvalue weighted by Crippen LogP contribution is -2.50. The third-order valence-corrected chi connectivity index (χ3v) is 5.07. The third kappa shape index (κ3) is 4.63. The summed E-state index contributed by atoms with van der Waals surface area (Å²) >= 11 is 0. The number of aromatic nitrogens is 2. The van der Waals surface area contributed by atoms with Gasteiger partial charge in [-0.3, -0.25) is 9.69 Å². The molecule has 26 heavy (non-hydrogen) atoms. The summed E-state index contributed by atoms with van der Waals surface area (Å²) in [5.41, 5.74) is 2.68. The Bertz CT molecular complexity index is 700. The largest absolute Gasteiger partial charge is 0.444 e. The molecular formula is C19H30N4O3. The number of hydrogen-bond acceptors (Lipinski definition) is 5. The number of hydrogen-bond donors (Lipinski definition) is 1. The summed E-state index contributed by atoms with van der Waals surface area (Å²) in [5.74, 6) is 0. The standard InChI is InChI=1S/C19H30N4O3/c1-19(2,3)26-18(25)23-12-10-22(11-13-23)9-8-16-14-6-4-5-7-15(14)17(24)21-20-16/h4-13H2,1-3H3,(H,21,24). The van der Waals surface area contributed by atoms with Crippen LogP contribution in [0.25, 0.3) is 0 Å². The van der Waals surface area contributed by atoms with Crippen LogP contribution in [0.1, 0.15) is 50.4 Å². The summed E-state index contributed by atoms with van der Waals surface area (Å²) in [6.45, 7) is 9.61. The molecule has 1 fully saturated rings. The number of ether oxygens (including phenoxy) is 1. The molecule has 0 spiro atoms. The van der Waals surface area contributed by atoms with E-state index in [1.807, 2.05) is 20.8 Å². The summed E-state index contributed by atoms with van der Waals surface area (Å²) in [6, 6.07) is 0. The van der Waals surface area contributed by atoms with Crippen molar-refractivity contribution in [2.75, 3.05) is 32.7 Å². The summed E-state index contributed by atoms with van der Waals surface area (Å²) in [5, 5.41) is 6.98. The van der Waals surface area contributed by atoms with Gasteiger partial charge in [-0.1, -0.05) is 0 Å². The van der Waals surface area contributed by atoms with Gasteiger partial charge in [0.1, 0.15) is 5.60 Å². The fourth-order valence-electron chi connectivity index (χ4n) is 3.68. The number of H-pyrrole nitrogens is 1. The lowest BCUT2D eigenvalue weighted by molar-refractivity contribution is 0.0146. The first kappa shape index (κ1) is 18.9. The minimum atomic E-state index is -0.455. The Labute approximate surface area is 154 Å². The van der Waals surface area contributed by atoms with Crippen LogP contribution in [-0.2, 0) is 24.0 Å². The molecule has 1 N–H and O–H groups in total. The van der Waals surface area contributed by atoms with Crippen LogP contribution in [0.3, 0.4) is 0 Å². The molecule has 7 heteroatoms. The van der Waals surface area contributed by atoms with E-state index < -0.39 is 5.60 Å². The Morgan fingerprint density at radius 2 is 1.77 bits per heavy atom. The van der Waals surface area contributed by atoms with E-state index in [0.29, 0.717) is 13.1 Å². The van der Waals surface area contributed by atoms with Crippen molar-refractivity contribution in [2.24, 2.45) is 0 Å². The Hall–Kier alpha value is -1.89. The van der Waals surface area contributed by atoms with Gasteiger partial charge in [-0.15, -0.1) is 0 Å². The first-order valence-corrected chi connectivity index (χ1v) is 9.63. The minimum absolute atomic E-state index is 0.0191. The fourth-order valence-corrected chi connectivity index (χ4v) is 3.68. The smallest absolute Gasteiger partial charge is 0.410 e. The monoisotopic (exact) mass is 362 g/mol. The third-order valence-electron chi connectivity index (χ3n) is 5.07. The van der Waals surface area contributed by atoms with Crippen LogP contribution in [0, 0.1) is 0 Å². The van der Waals surface area contributed by atoms with Gasteiger partial charge in [0.05, 0.1) is 5.69 Å². The van der Waals surface area contributed by atoms with Crippen molar-refractivity contribution in [3.8, 4) is 0 Å². The molecule has 2 heterocycles. The molecule has 0 radical (unpaired) electrons. The molecule has 7 nitrogen and oxygen atoms in total. The predicted octanol–water partition coefficient (Wildman–Crippen LogP) is 1.74. The van der Waals surface area contributed by atoms with Gasteiger partial charge < -0.3 is 9.64 Å². The normalized spacial score (nSPS) is 18.5. The number of aromatic amines is 1. The van der Waals surface area contributed by atoms with Gasteiger partial charge in [0.2, 0.25) is 0 Å². The van der Waals surface area contributed by atoms with Crippen molar-refractivity contribution in [3.63, 3.8) is 0 Å². The summed E-state index contributed by atoms with van der Waals surface area (Å²) < 4.78 is 5.44. The number of carbonyl (C=O) groups excluding carboxylic acids is 1. The maximum atomic E-state index is 12.1. The zero-order valence-electron chi connectivity index (χ0n) is 16.1. The number of nitrogens with zero attached hydrogens (tertiary/aromatic N) is 3. The first-order chi connectivity index (χ1) is 12.3. The molecule has 1 aliphatic heterocycles. The van der Waals surface area contributed by atoms with E-state index in [9.17, 15) is 9.59 Å². The molecule has 0 atom stereocenters. The van der Waals surface area contributed by atoms with Crippen LogP contribution in [0.15, 0.2) is 4.79 Å². The number of nitrogens with one attached hydrogen (secondary N) is 1. The number of rotatable bonds is 3. The van der Waals surface area contributed by atoms with E-state index >= 15 is 0 Å². The van der Waals surface area contributed by atoms with E-state index in [1.54, 1.807) is 4.90 Å². The Balaban J connectivity index is 1.52. The molecule has 0 bridgehead atoms. The van der Waals surface area contributed by atoms with E-state index in [-0.39, 0.29) is 11.7 Å². The Morgan fingerprint density at radius 1 is 1.12 bits per heavy atom. The van der Waals surface area contributed by atoms with Crippen LogP contribution in [0.4, 0.5) is 4.79 Å². The lowest BCUT2D eigenvalue weighted by Gasteiger charge is -2.35. The molecule has 144 valence electrons. The van der Waals surface area contributed by atoms with E-state index in [4.69, 9.17) is 4.74 Å². The van der Waals surface area contributed by atoms with E-state index in [2.05, 4.69) is 15.1 Å². The quantitative estimate of drug-likeness (QED) is 0.886. The van der Waals surface area contributed by atoms with Crippen LogP contribution in [0.2, 0.25) is 0 Å². The SMILES string of the molecule is CC(C)(C)OC(=O)N1CCN(CCc2n[nH]c(=O)c3c2CCCC3)CC1. The molecule has 1 amide bonds. The molecule has 0 aromatic carbocycles. The summed E-state index contributed by atoms with van der Waals surface area (Å²) in [7, 11) is 0. The van der Waals surface area contributed by atoms with Gasteiger partial charge in [-0.05, 0) is 52.0 Å². The average Bonchev–Trinajstić information content (AvgIpc) is 2.60. The number of piperazine rings is 1. The lowest BCUT2D eigenvalue weighted by atomic mass is 9.91. The highest BCUT2D eigenvalue weighted by molar-refractivity contribution is 5.68. The van der Waals surface area contributed by atoms with Gasteiger partial charge in [-0.25, -0.2) is 9.89 Å². The molecule has 0 unspecified atom stereocenters. The van der Waals surface area contributed by atoms with Crippen LogP contribution < -0.4 is 5.56 Å². The van der Waals surface area contributed by atoms with Crippen LogP contribution in [0.5, 0.6) is 0 Å². The second kappa shape index (κ2) is 7.78. The van der Waals surface area contributed by atoms with E-state index in [1.165, 1.54) is 5.56 Å². The molecule has 2 aliphatic rings. The van der Waals surface area contributed by atoms with Crippen molar-refractivity contribution in [3.05, 3.63) is 27.2 Å². The molecule has 3 rings (SSSR count). The maximum Gasteiger partial charge on any atom is 0.410 e. The Kier molecular flexibility index (Phi) is 5.65. The number of carbonyl (C=O) groups is 1. The van der Waals surface area contributed by atoms with Gasteiger partial charge >= 0.3 is 6.09 Å². The molecule has 0 saturated carbocycles. The van der Waals surface area contributed by atoms with E-state index in [0.717, 1.165) is 63.0 Å². The zero-order valence-corrected chi connectivity index (χ0v) is 16.1. The highest BCUT2D eigenvalue weighted by atomic mass is 16.6. The highest BCUT2D eigenvalue weighted by Gasteiger charge is 2.26. The van der Waals surface area contributed by atoms with Crippen molar-refractivity contribution < 1.29 is 9.53 Å². The van der Waals surface area contributed by atoms with Gasteiger partial charge in [0, 0.05) is 44.7 Å². The fraction of sp³-hybridized carbons (Fsp3) is 0.737. The second-order valence-corrected chi connectivity index (χ2v) is 8.22. The van der Waals surface area contributed by atoms with Gasteiger partial charge in [0.25, 0.3) is 5.56 Å². The summed E-state index contributed by atoms with van der Waals surface area (Å²) in [4.78, 5) is 28.2. The van der Waals surface area contributed by atoms with Crippen molar-refractivity contribution >= 4 is 6.09 Å². The molecular weight excluding hydrogens is 332 g/mol. The van der Waals surface area contributed by atoms with Crippen LogP contribution >= 0.6 is 0 Å². The molecule has 1 aromatic heterocycles. The predicted molar refractivity (Wildman–Crippen MR) is 99.5 cm³/mol. The van der Waals surface area contributed by atoms with Crippen molar-refractivity contribution in [1.29, 1.82) is 0 Å². The molecule has 1 aromatic rings. The van der Waals surface area contributed by atoms with Gasteiger partial charge in [0.15, 0.2) is 0 Å². The minimum Gasteiger partial charge on any atom is -0.444 e. The molecule has 1 saturated heterocycles. The van der Waals surface area contributed by atoms with Gasteiger partial charge in [-0.2, -0.15) is 5.10 Å². The number of amides is 1. The number of fused-ring (bicyclic) bond motifs is 1. The first-order valence-electron chi connectivity index (χ1n) is 9.63. The Morgan fingerprint density at radius 3 is 2.42 bits per heavy atom. The van der Waals surface area contributed by atoms with Crippen molar-refractivity contribution in [1.82, 2.24) is 20.0 Å². The average molecular weight is 362 g/mol. The maximum absolute atomic E-state index is 12.1. The molecule has 1 aliphatic carbocycles. The summed E-state index contributed by atoms with van der Waals surface area (Å²) in [6.07, 6.45) is 4.67.